The van der Waals surface area contributed by atoms with Crippen molar-refractivity contribution >= 4 is 18.2 Å². The summed E-state index contributed by atoms with van der Waals surface area (Å²) in [6.45, 7) is 6.50. The van der Waals surface area contributed by atoms with Crippen molar-refractivity contribution in [2.75, 3.05) is 37.7 Å². The van der Waals surface area contributed by atoms with Crippen LogP contribution in [-0.4, -0.2) is 59.8 Å². The van der Waals surface area contributed by atoms with E-state index in [1.54, 1.807) is 16.5 Å². The largest absolute Gasteiger partial charge is 0.450 e. The number of amides is 1. The molecule has 2 heterocycles. The summed E-state index contributed by atoms with van der Waals surface area (Å²) < 4.78 is 6.71. The highest BCUT2D eigenvalue weighted by atomic mass is 16.6. The third-order valence-electron chi connectivity index (χ3n) is 3.46. The monoisotopic (exact) mass is 280 g/mol. The van der Waals surface area contributed by atoms with Crippen molar-refractivity contribution in [3.05, 3.63) is 11.3 Å². The highest BCUT2D eigenvalue weighted by molar-refractivity contribution is 5.85. The summed E-state index contributed by atoms with van der Waals surface area (Å²) >= 11 is 0. The molecule has 0 bridgehead atoms. The summed E-state index contributed by atoms with van der Waals surface area (Å²) in [5, 5.41) is 4.28. The van der Waals surface area contributed by atoms with Crippen molar-refractivity contribution in [2.45, 2.75) is 13.8 Å². The third kappa shape index (κ3) is 2.61. The molecule has 0 spiro atoms. The van der Waals surface area contributed by atoms with Gasteiger partial charge in [-0.3, -0.25) is 9.48 Å². The Kier molecular flexibility index (Phi) is 4.26. The molecule has 20 heavy (non-hydrogen) atoms. The predicted molar refractivity (Wildman–Crippen MR) is 74.1 cm³/mol. The van der Waals surface area contributed by atoms with Crippen molar-refractivity contribution in [1.29, 1.82) is 0 Å². The molecule has 0 saturated carbocycles. The number of ether oxygens (including phenoxy) is 1. The molecule has 110 valence electrons. The number of nitrogens with zero attached hydrogens (tertiary/aromatic N) is 4. The quantitative estimate of drug-likeness (QED) is 0.767. The van der Waals surface area contributed by atoms with Gasteiger partial charge in [0.15, 0.2) is 6.29 Å². The van der Waals surface area contributed by atoms with Gasteiger partial charge >= 0.3 is 6.09 Å². The lowest BCUT2D eigenvalue weighted by Crippen LogP contribution is -2.49. The molecule has 0 aliphatic carbocycles. The van der Waals surface area contributed by atoms with Gasteiger partial charge in [0.25, 0.3) is 0 Å². The van der Waals surface area contributed by atoms with Gasteiger partial charge < -0.3 is 14.5 Å². The van der Waals surface area contributed by atoms with E-state index in [0.717, 1.165) is 17.8 Å². The van der Waals surface area contributed by atoms with Crippen molar-refractivity contribution in [3.8, 4) is 0 Å². The first-order valence-electron chi connectivity index (χ1n) is 6.73. The molecule has 7 nitrogen and oxygen atoms in total. The fourth-order valence-electron chi connectivity index (χ4n) is 2.49. The van der Waals surface area contributed by atoms with Gasteiger partial charge in [0.1, 0.15) is 5.82 Å². The van der Waals surface area contributed by atoms with E-state index in [4.69, 9.17) is 4.74 Å². The summed E-state index contributed by atoms with van der Waals surface area (Å²) in [5.74, 6) is 0.820. The molecule has 1 amide bonds. The Labute approximate surface area is 118 Å². The lowest BCUT2D eigenvalue weighted by Gasteiger charge is -2.35. The number of hydrogen-bond donors (Lipinski definition) is 0. The number of aldehydes is 1. The first-order valence-corrected chi connectivity index (χ1v) is 6.73. The fourth-order valence-corrected chi connectivity index (χ4v) is 2.49. The van der Waals surface area contributed by atoms with Crippen LogP contribution >= 0.6 is 0 Å². The number of rotatable bonds is 3. The topological polar surface area (TPSA) is 67.7 Å². The molecule has 1 fully saturated rings. The molecule has 0 radical (unpaired) electrons. The Morgan fingerprint density at radius 2 is 2.00 bits per heavy atom. The zero-order valence-corrected chi connectivity index (χ0v) is 12.1. The first kappa shape index (κ1) is 14.4. The zero-order chi connectivity index (χ0) is 14.7. The van der Waals surface area contributed by atoms with Crippen LogP contribution in [0, 0.1) is 6.92 Å². The number of anilines is 1. The minimum Gasteiger partial charge on any atom is -0.450 e. The number of aromatic nitrogens is 2. The lowest BCUT2D eigenvalue weighted by molar-refractivity contribution is 0.104. The molecule has 0 unspecified atom stereocenters. The number of carbonyl (C=O) groups excluding carboxylic acids is 2. The van der Waals surface area contributed by atoms with Crippen LogP contribution in [0.1, 0.15) is 23.0 Å². The molecule has 1 aliphatic rings. The Bertz CT molecular complexity index is 504. The smallest absolute Gasteiger partial charge is 0.409 e. The Hall–Kier alpha value is -2.05. The standard InChI is InChI=1S/C13H20N4O3/c1-4-20-13(19)17-7-5-16(6-8-17)12-11(9-18)10(2)14-15(12)3/h9H,4-8H2,1-3H3. The minimum atomic E-state index is -0.274. The molecular weight excluding hydrogens is 260 g/mol. The molecule has 0 N–H and O–H groups in total. The SMILES string of the molecule is CCOC(=O)N1CCN(c2c(C=O)c(C)nn2C)CC1. The van der Waals surface area contributed by atoms with E-state index in [1.165, 1.54) is 0 Å². The van der Waals surface area contributed by atoms with E-state index >= 15 is 0 Å². The predicted octanol–water partition coefficient (Wildman–Crippen LogP) is 0.820. The molecule has 1 aromatic rings. The molecule has 2 rings (SSSR count). The Balaban J connectivity index is 2.08. The van der Waals surface area contributed by atoms with Crippen molar-refractivity contribution in [2.24, 2.45) is 7.05 Å². The number of hydrogen-bond acceptors (Lipinski definition) is 5. The third-order valence-corrected chi connectivity index (χ3v) is 3.46. The minimum absolute atomic E-state index is 0.274. The van der Waals surface area contributed by atoms with Crippen LogP contribution in [0.25, 0.3) is 0 Å². The van der Waals surface area contributed by atoms with Gasteiger partial charge in [0.05, 0.1) is 17.9 Å². The van der Waals surface area contributed by atoms with E-state index in [2.05, 4.69) is 10.00 Å². The van der Waals surface area contributed by atoms with Gasteiger partial charge in [-0.2, -0.15) is 5.10 Å². The van der Waals surface area contributed by atoms with E-state index in [9.17, 15) is 9.59 Å². The van der Waals surface area contributed by atoms with E-state index < -0.39 is 0 Å². The molecule has 0 atom stereocenters. The van der Waals surface area contributed by atoms with Gasteiger partial charge in [-0.1, -0.05) is 0 Å². The van der Waals surface area contributed by atoms with Crippen LogP contribution in [0.3, 0.4) is 0 Å². The maximum Gasteiger partial charge on any atom is 0.409 e. The number of piperazine rings is 1. The van der Waals surface area contributed by atoms with Gasteiger partial charge in [0.2, 0.25) is 0 Å². The van der Waals surface area contributed by atoms with Crippen molar-refractivity contribution < 1.29 is 14.3 Å². The number of aryl methyl sites for hydroxylation is 2. The summed E-state index contributed by atoms with van der Waals surface area (Å²) in [6.07, 6.45) is 0.569. The average Bonchev–Trinajstić information content (AvgIpc) is 2.73. The van der Waals surface area contributed by atoms with Gasteiger partial charge in [0, 0.05) is 33.2 Å². The molecular formula is C13H20N4O3. The highest BCUT2D eigenvalue weighted by Gasteiger charge is 2.26. The van der Waals surface area contributed by atoms with Crippen LogP contribution in [-0.2, 0) is 11.8 Å². The van der Waals surface area contributed by atoms with Crippen LogP contribution in [0.15, 0.2) is 0 Å². The van der Waals surface area contributed by atoms with E-state index in [0.29, 0.717) is 38.3 Å². The molecule has 0 aromatic carbocycles. The molecule has 7 heteroatoms. The fraction of sp³-hybridized carbons (Fsp3) is 0.615. The normalized spacial score (nSPS) is 15.3. The van der Waals surface area contributed by atoms with Crippen LogP contribution < -0.4 is 4.90 Å². The molecule has 1 aromatic heterocycles. The lowest BCUT2D eigenvalue weighted by atomic mass is 10.2. The van der Waals surface area contributed by atoms with E-state index in [1.807, 2.05) is 14.0 Å². The first-order chi connectivity index (χ1) is 9.58. The maximum absolute atomic E-state index is 11.6. The van der Waals surface area contributed by atoms with Gasteiger partial charge in [-0.05, 0) is 13.8 Å². The van der Waals surface area contributed by atoms with Crippen LogP contribution in [0.2, 0.25) is 0 Å². The zero-order valence-electron chi connectivity index (χ0n) is 12.1. The van der Waals surface area contributed by atoms with Gasteiger partial charge in [-0.15, -0.1) is 0 Å². The summed E-state index contributed by atoms with van der Waals surface area (Å²) in [6, 6.07) is 0. The van der Waals surface area contributed by atoms with Crippen molar-refractivity contribution in [3.63, 3.8) is 0 Å². The average molecular weight is 280 g/mol. The van der Waals surface area contributed by atoms with Crippen LogP contribution in [0.4, 0.5) is 10.6 Å². The van der Waals surface area contributed by atoms with E-state index in [-0.39, 0.29) is 6.09 Å². The summed E-state index contributed by atoms with van der Waals surface area (Å²) in [5.41, 5.74) is 1.35. The second-order valence-corrected chi connectivity index (χ2v) is 4.74. The molecule has 1 saturated heterocycles. The van der Waals surface area contributed by atoms with Crippen LogP contribution in [0.5, 0.6) is 0 Å². The van der Waals surface area contributed by atoms with Gasteiger partial charge in [-0.25, -0.2) is 4.79 Å². The summed E-state index contributed by atoms with van der Waals surface area (Å²) in [7, 11) is 1.83. The number of carbonyl (C=O) groups is 2. The summed E-state index contributed by atoms with van der Waals surface area (Å²) in [4.78, 5) is 26.6. The highest BCUT2D eigenvalue weighted by Crippen LogP contribution is 2.22. The maximum atomic E-state index is 11.6. The van der Waals surface area contributed by atoms with Crippen molar-refractivity contribution in [1.82, 2.24) is 14.7 Å². The molecule has 1 aliphatic heterocycles. The second-order valence-electron chi connectivity index (χ2n) is 4.74. The Morgan fingerprint density at radius 1 is 1.35 bits per heavy atom. The second kappa shape index (κ2) is 5.94. The Morgan fingerprint density at radius 3 is 2.55 bits per heavy atom.